The van der Waals surface area contributed by atoms with Crippen LogP contribution in [0.15, 0.2) is 67.0 Å². The second-order valence-corrected chi connectivity index (χ2v) is 6.97. The van der Waals surface area contributed by atoms with Crippen LogP contribution in [0.2, 0.25) is 0 Å². The van der Waals surface area contributed by atoms with Crippen molar-refractivity contribution in [2.75, 3.05) is 27.2 Å². The maximum Gasteiger partial charge on any atom is 0.257 e. The molecule has 3 rings (SSSR count). The summed E-state index contributed by atoms with van der Waals surface area (Å²) >= 11 is 0. The topological polar surface area (TPSA) is 41.4 Å². The molecule has 146 valence electrons. The van der Waals surface area contributed by atoms with E-state index in [1.165, 1.54) is 12.1 Å². The largest absolute Gasteiger partial charge is 0.330 e. The van der Waals surface area contributed by atoms with Crippen LogP contribution in [-0.4, -0.2) is 52.4 Å². The summed E-state index contributed by atoms with van der Waals surface area (Å²) < 4.78 is 16.2. The van der Waals surface area contributed by atoms with Gasteiger partial charge in [0, 0.05) is 32.0 Å². The van der Waals surface area contributed by atoms with Crippen molar-refractivity contribution in [3.05, 3.63) is 89.8 Å². The molecule has 0 atom stereocenters. The van der Waals surface area contributed by atoms with Gasteiger partial charge in [-0.25, -0.2) is 9.37 Å². The number of nitrogens with zero attached hydrogens (tertiary/aromatic N) is 4. The Hall–Kier alpha value is -2.99. The maximum atomic E-state index is 14.2. The number of benzene rings is 2. The summed E-state index contributed by atoms with van der Waals surface area (Å²) in [5.74, 6) is -0.0588. The first-order valence-electron chi connectivity index (χ1n) is 9.27. The van der Waals surface area contributed by atoms with Crippen molar-refractivity contribution in [2.45, 2.75) is 13.1 Å². The number of halogens is 1. The standard InChI is InChI=1S/C22H25FN4O/c1-25(2)14-15-27(22(28)19-10-6-7-11-20(19)23)17-21-24-12-13-26(21)16-18-8-4-3-5-9-18/h3-13H,14-17H2,1-2H3. The number of hydrogen-bond acceptors (Lipinski definition) is 3. The lowest BCUT2D eigenvalue weighted by atomic mass is 10.2. The molecule has 1 heterocycles. The molecule has 0 N–H and O–H groups in total. The van der Waals surface area contributed by atoms with E-state index in [9.17, 15) is 9.18 Å². The molecule has 0 unspecified atom stereocenters. The van der Waals surface area contributed by atoms with Gasteiger partial charge in [0.1, 0.15) is 11.6 Å². The minimum absolute atomic E-state index is 0.0856. The zero-order valence-corrected chi connectivity index (χ0v) is 16.3. The van der Waals surface area contributed by atoms with Gasteiger partial charge in [-0.05, 0) is 31.8 Å². The van der Waals surface area contributed by atoms with Gasteiger partial charge in [0.05, 0.1) is 12.1 Å². The van der Waals surface area contributed by atoms with E-state index in [4.69, 9.17) is 0 Å². The van der Waals surface area contributed by atoms with Crippen LogP contribution in [0.4, 0.5) is 4.39 Å². The fraction of sp³-hybridized carbons (Fsp3) is 0.273. The highest BCUT2D eigenvalue weighted by Gasteiger charge is 2.21. The van der Waals surface area contributed by atoms with Crippen molar-refractivity contribution in [3.8, 4) is 0 Å². The quantitative estimate of drug-likeness (QED) is 0.602. The molecule has 0 aliphatic carbocycles. The molecule has 0 aliphatic rings. The van der Waals surface area contributed by atoms with Gasteiger partial charge >= 0.3 is 0 Å². The van der Waals surface area contributed by atoms with Crippen molar-refractivity contribution in [1.82, 2.24) is 19.4 Å². The Morgan fingerprint density at radius 1 is 1.04 bits per heavy atom. The predicted molar refractivity (Wildman–Crippen MR) is 107 cm³/mol. The first kappa shape index (κ1) is 19.8. The minimum Gasteiger partial charge on any atom is -0.330 e. The van der Waals surface area contributed by atoms with E-state index in [2.05, 4.69) is 17.1 Å². The van der Waals surface area contributed by atoms with E-state index in [-0.39, 0.29) is 11.5 Å². The van der Waals surface area contributed by atoms with Gasteiger partial charge in [0.25, 0.3) is 5.91 Å². The van der Waals surface area contributed by atoms with Crippen LogP contribution in [0.5, 0.6) is 0 Å². The average molecular weight is 380 g/mol. The summed E-state index contributed by atoms with van der Waals surface area (Å²) in [7, 11) is 3.89. The first-order chi connectivity index (χ1) is 13.5. The van der Waals surface area contributed by atoms with Gasteiger partial charge in [-0.3, -0.25) is 4.79 Å². The van der Waals surface area contributed by atoms with Crippen LogP contribution < -0.4 is 0 Å². The molecule has 0 spiro atoms. The molecular formula is C22H25FN4O. The second kappa shape index (κ2) is 9.28. The molecular weight excluding hydrogens is 355 g/mol. The van der Waals surface area contributed by atoms with Gasteiger partial charge in [-0.15, -0.1) is 0 Å². The third-order valence-electron chi connectivity index (χ3n) is 4.54. The van der Waals surface area contributed by atoms with E-state index in [0.717, 1.165) is 11.4 Å². The predicted octanol–water partition coefficient (Wildman–Crippen LogP) is 3.27. The first-order valence-corrected chi connectivity index (χ1v) is 9.27. The number of likely N-dealkylation sites (N-methyl/N-ethyl adjacent to an activating group) is 1. The normalized spacial score (nSPS) is 11.0. The number of carbonyl (C=O) groups is 1. The van der Waals surface area contributed by atoms with Crippen molar-refractivity contribution >= 4 is 5.91 Å². The summed E-state index contributed by atoms with van der Waals surface area (Å²) in [6.45, 7) is 2.16. The lowest BCUT2D eigenvalue weighted by Gasteiger charge is -2.25. The smallest absolute Gasteiger partial charge is 0.257 e. The summed E-state index contributed by atoms with van der Waals surface area (Å²) in [6, 6.07) is 16.2. The summed E-state index contributed by atoms with van der Waals surface area (Å²) in [5.41, 5.74) is 1.24. The van der Waals surface area contributed by atoms with E-state index in [1.54, 1.807) is 23.2 Å². The van der Waals surface area contributed by atoms with Crippen LogP contribution in [-0.2, 0) is 13.1 Å². The Morgan fingerprint density at radius 3 is 2.46 bits per heavy atom. The zero-order valence-electron chi connectivity index (χ0n) is 16.3. The lowest BCUT2D eigenvalue weighted by molar-refractivity contribution is 0.0721. The monoisotopic (exact) mass is 380 g/mol. The SMILES string of the molecule is CN(C)CCN(Cc1nccn1Cc1ccccc1)C(=O)c1ccccc1F. The summed E-state index contributed by atoms with van der Waals surface area (Å²) in [5, 5.41) is 0. The van der Waals surface area contributed by atoms with Crippen molar-refractivity contribution < 1.29 is 9.18 Å². The molecule has 6 heteroatoms. The fourth-order valence-corrected chi connectivity index (χ4v) is 2.96. The van der Waals surface area contributed by atoms with Gasteiger partial charge in [-0.1, -0.05) is 42.5 Å². The molecule has 3 aromatic rings. The van der Waals surface area contributed by atoms with Crippen molar-refractivity contribution in [3.63, 3.8) is 0 Å². The van der Waals surface area contributed by atoms with Gasteiger partial charge < -0.3 is 14.4 Å². The third-order valence-corrected chi connectivity index (χ3v) is 4.54. The molecule has 2 aromatic carbocycles. The van der Waals surface area contributed by atoms with Crippen LogP contribution in [0.1, 0.15) is 21.7 Å². The Bertz CT molecular complexity index is 908. The summed E-state index contributed by atoms with van der Waals surface area (Å²) in [6.07, 6.45) is 3.63. The highest BCUT2D eigenvalue weighted by atomic mass is 19.1. The summed E-state index contributed by atoms with van der Waals surface area (Å²) in [4.78, 5) is 21.1. The van der Waals surface area contributed by atoms with Crippen LogP contribution in [0.25, 0.3) is 0 Å². The number of hydrogen-bond donors (Lipinski definition) is 0. The molecule has 0 saturated heterocycles. The van der Waals surface area contributed by atoms with Crippen molar-refractivity contribution in [2.24, 2.45) is 0 Å². The Labute approximate surface area is 165 Å². The minimum atomic E-state index is -0.505. The molecule has 1 amide bonds. The lowest BCUT2D eigenvalue weighted by Crippen LogP contribution is -2.37. The Kier molecular flexibility index (Phi) is 6.55. The second-order valence-electron chi connectivity index (χ2n) is 6.97. The van der Waals surface area contributed by atoms with E-state index in [0.29, 0.717) is 26.2 Å². The number of amides is 1. The van der Waals surface area contributed by atoms with Gasteiger partial charge in [-0.2, -0.15) is 0 Å². The molecule has 0 fully saturated rings. The average Bonchev–Trinajstić information content (AvgIpc) is 3.12. The molecule has 1 aromatic heterocycles. The molecule has 0 bridgehead atoms. The van der Waals surface area contributed by atoms with Crippen LogP contribution in [0.3, 0.4) is 0 Å². The zero-order chi connectivity index (χ0) is 19.9. The number of rotatable bonds is 8. The maximum absolute atomic E-state index is 14.2. The highest BCUT2D eigenvalue weighted by molar-refractivity contribution is 5.94. The molecule has 0 aliphatic heterocycles. The highest BCUT2D eigenvalue weighted by Crippen LogP contribution is 2.14. The van der Waals surface area contributed by atoms with E-state index >= 15 is 0 Å². The Balaban J connectivity index is 1.81. The fourth-order valence-electron chi connectivity index (χ4n) is 2.96. The number of imidazole rings is 1. The van der Waals surface area contributed by atoms with Crippen molar-refractivity contribution in [1.29, 1.82) is 0 Å². The van der Waals surface area contributed by atoms with Gasteiger partial charge in [0.15, 0.2) is 0 Å². The van der Waals surface area contributed by atoms with Crippen LogP contribution >= 0.6 is 0 Å². The van der Waals surface area contributed by atoms with E-state index in [1.807, 2.05) is 48.0 Å². The molecule has 28 heavy (non-hydrogen) atoms. The molecule has 0 radical (unpaired) electrons. The molecule has 0 saturated carbocycles. The number of carbonyl (C=O) groups excluding carboxylic acids is 1. The van der Waals surface area contributed by atoms with Crippen LogP contribution in [0, 0.1) is 5.82 Å². The van der Waals surface area contributed by atoms with Gasteiger partial charge in [0.2, 0.25) is 0 Å². The molecule has 5 nitrogen and oxygen atoms in total. The van der Waals surface area contributed by atoms with E-state index < -0.39 is 5.82 Å². The third kappa shape index (κ3) is 5.04. The Morgan fingerprint density at radius 2 is 1.75 bits per heavy atom. The number of aromatic nitrogens is 2.